The lowest BCUT2D eigenvalue weighted by Gasteiger charge is -2.11. The van der Waals surface area contributed by atoms with Crippen molar-refractivity contribution in [2.24, 2.45) is 0 Å². The summed E-state index contributed by atoms with van der Waals surface area (Å²) < 4.78 is 44.5. The minimum atomic E-state index is -1.73. The van der Waals surface area contributed by atoms with E-state index in [2.05, 4.69) is 0 Å². The maximum absolute atomic E-state index is 13.6. The standard InChI is InChI=1S/C15H15F2NO2S/c1-2-20-14-6-4-12(18)7-10(14)9-21(19)15-8-11(16)3-5-13(15)17/h3-8H,2,9,18H2,1H3. The number of nitrogens with two attached hydrogens (primary N) is 1. The van der Waals surface area contributed by atoms with Gasteiger partial charge >= 0.3 is 0 Å². The van der Waals surface area contributed by atoms with Gasteiger partial charge in [0.2, 0.25) is 0 Å². The van der Waals surface area contributed by atoms with Crippen molar-refractivity contribution in [3.05, 3.63) is 53.6 Å². The van der Waals surface area contributed by atoms with Crippen LogP contribution in [0.1, 0.15) is 12.5 Å². The molecule has 2 aromatic carbocycles. The Hall–Kier alpha value is -1.95. The molecule has 112 valence electrons. The van der Waals surface area contributed by atoms with Gasteiger partial charge in [0.05, 0.1) is 28.1 Å². The first-order chi connectivity index (χ1) is 10.0. The minimum Gasteiger partial charge on any atom is -0.494 e. The molecule has 0 saturated heterocycles. The van der Waals surface area contributed by atoms with E-state index in [9.17, 15) is 13.0 Å². The van der Waals surface area contributed by atoms with Crippen LogP contribution in [0.4, 0.5) is 14.5 Å². The molecule has 0 bridgehead atoms. The van der Waals surface area contributed by atoms with E-state index < -0.39 is 22.4 Å². The smallest absolute Gasteiger partial charge is 0.139 e. The molecule has 0 fully saturated rings. The summed E-state index contributed by atoms with van der Waals surface area (Å²) >= 11 is 0. The van der Waals surface area contributed by atoms with E-state index in [0.717, 1.165) is 18.2 Å². The molecule has 0 aliphatic carbocycles. The normalized spacial score (nSPS) is 12.1. The van der Waals surface area contributed by atoms with E-state index in [-0.39, 0.29) is 10.6 Å². The molecule has 1 atom stereocenters. The van der Waals surface area contributed by atoms with E-state index in [1.807, 2.05) is 6.92 Å². The lowest BCUT2D eigenvalue weighted by molar-refractivity contribution is 0.337. The van der Waals surface area contributed by atoms with Gasteiger partial charge in [-0.2, -0.15) is 0 Å². The molecule has 0 aromatic heterocycles. The number of rotatable bonds is 5. The number of hydrogen-bond donors (Lipinski definition) is 1. The second-order valence-electron chi connectivity index (χ2n) is 4.36. The summed E-state index contributed by atoms with van der Waals surface area (Å²) in [6.07, 6.45) is 0. The molecule has 0 aliphatic rings. The van der Waals surface area contributed by atoms with E-state index in [1.165, 1.54) is 0 Å². The highest BCUT2D eigenvalue weighted by molar-refractivity contribution is 7.84. The molecule has 6 heteroatoms. The number of benzene rings is 2. The molecular weight excluding hydrogens is 296 g/mol. The van der Waals surface area contributed by atoms with Gasteiger partial charge in [-0.3, -0.25) is 4.21 Å². The molecule has 21 heavy (non-hydrogen) atoms. The summed E-state index contributed by atoms with van der Waals surface area (Å²) in [6, 6.07) is 7.86. The van der Waals surface area contributed by atoms with Crippen LogP contribution in [0.25, 0.3) is 0 Å². The highest BCUT2D eigenvalue weighted by Gasteiger charge is 2.15. The zero-order chi connectivity index (χ0) is 15.4. The quantitative estimate of drug-likeness (QED) is 0.862. The van der Waals surface area contributed by atoms with Gasteiger partial charge < -0.3 is 10.5 Å². The van der Waals surface area contributed by atoms with Crippen LogP contribution in [0.2, 0.25) is 0 Å². The third-order valence-electron chi connectivity index (χ3n) is 2.81. The number of halogens is 2. The molecule has 0 spiro atoms. The molecule has 1 unspecified atom stereocenters. The number of hydrogen-bond acceptors (Lipinski definition) is 3. The van der Waals surface area contributed by atoms with Crippen molar-refractivity contribution in [3.63, 3.8) is 0 Å². The molecule has 0 saturated carbocycles. The number of anilines is 1. The Labute approximate surface area is 124 Å². The Bertz CT molecular complexity index is 677. The first kappa shape index (κ1) is 15.4. The van der Waals surface area contributed by atoms with Gasteiger partial charge in [-0.1, -0.05) is 0 Å². The zero-order valence-electron chi connectivity index (χ0n) is 11.4. The first-order valence-electron chi connectivity index (χ1n) is 6.36. The van der Waals surface area contributed by atoms with E-state index >= 15 is 0 Å². The zero-order valence-corrected chi connectivity index (χ0v) is 12.3. The molecule has 0 heterocycles. The van der Waals surface area contributed by atoms with E-state index in [4.69, 9.17) is 10.5 Å². The average molecular weight is 311 g/mol. The second kappa shape index (κ2) is 6.67. The molecular formula is C15H15F2NO2S. The van der Waals surface area contributed by atoms with Crippen molar-refractivity contribution in [1.29, 1.82) is 0 Å². The van der Waals surface area contributed by atoms with Crippen LogP contribution in [-0.4, -0.2) is 10.8 Å². The van der Waals surface area contributed by atoms with Crippen LogP contribution >= 0.6 is 0 Å². The van der Waals surface area contributed by atoms with Crippen molar-refractivity contribution in [2.75, 3.05) is 12.3 Å². The Morgan fingerprint density at radius 2 is 1.95 bits per heavy atom. The Morgan fingerprint density at radius 1 is 1.19 bits per heavy atom. The molecule has 3 nitrogen and oxygen atoms in total. The Kier molecular flexibility index (Phi) is 4.90. The summed E-state index contributed by atoms with van der Waals surface area (Å²) in [5.41, 5.74) is 6.79. The predicted molar refractivity (Wildman–Crippen MR) is 78.5 cm³/mol. The van der Waals surface area contributed by atoms with Gasteiger partial charge in [-0.15, -0.1) is 0 Å². The average Bonchev–Trinajstić information content (AvgIpc) is 2.44. The fourth-order valence-corrected chi connectivity index (χ4v) is 3.07. The Morgan fingerprint density at radius 3 is 2.67 bits per heavy atom. The number of nitrogen functional groups attached to an aromatic ring is 1. The first-order valence-corrected chi connectivity index (χ1v) is 7.67. The maximum Gasteiger partial charge on any atom is 0.139 e. The van der Waals surface area contributed by atoms with Crippen molar-refractivity contribution < 1.29 is 17.7 Å². The van der Waals surface area contributed by atoms with Gasteiger partial charge in [0.15, 0.2) is 0 Å². The fraction of sp³-hybridized carbons (Fsp3) is 0.200. The molecule has 2 aromatic rings. The lowest BCUT2D eigenvalue weighted by atomic mass is 10.2. The molecule has 2 rings (SSSR count). The van der Waals surface area contributed by atoms with Gasteiger partial charge in [-0.25, -0.2) is 8.78 Å². The van der Waals surface area contributed by atoms with Gasteiger partial charge in [0.1, 0.15) is 17.4 Å². The largest absolute Gasteiger partial charge is 0.494 e. The van der Waals surface area contributed by atoms with Crippen molar-refractivity contribution in [1.82, 2.24) is 0 Å². The second-order valence-corrected chi connectivity index (χ2v) is 5.78. The topological polar surface area (TPSA) is 52.3 Å². The van der Waals surface area contributed by atoms with Gasteiger partial charge in [0, 0.05) is 11.3 Å². The van der Waals surface area contributed by atoms with E-state index in [0.29, 0.717) is 23.6 Å². The van der Waals surface area contributed by atoms with Gasteiger partial charge in [0.25, 0.3) is 0 Å². The summed E-state index contributed by atoms with van der Waals surface area (Å²) in [6.45, 7) is 2.27. The highest BCUT2D eigenvalue weighted by Crippen LogP contribution is 2.25. The molecule has 0 radical (unpaired) electrons. The van der Waals surface area contributed by atoms with Crippen molar-refractivity contribution >= 4 is 16.5 Å². The van der Waals surface area contributed by atoms with Crippen molar-refractivity contribution in [2.45, 2.75) is 17.6 Å². The van der Waals surface area contributed by atoms with E-state index in [1.54, 1.807) is 18.2 Å². The fourth-order valence-electron chi connectivity index (χ4n) is 1.88. The van der Waals surface area contributed by atoms with Crippen molar-refractivity contribution in [3.8, 4) is 5.75 Å². The monoisotopic (exact) mass is 311 g/mol. The lowest BCUT2D eigenvalue weighted by Crippen LogP contribution is -2.04. The van der Waals surface area contributed by atoms with Crippen LogP contribution in [-0.2, 0) is 16.6 Å². The number of ether oxygens (including phenoxy) is 1. The summed E-state index contributed by atoms with van der Waals surface area (Å²) in [7, 11) is -1.73. The highest BCUT2D eigenvalue weighted by atomic mass is 32.2. The third kappa shape index (κ3) is 3.78. The van der Waals surface area contributed by atoms with Gasteiger partial charge in [-0.05, 0) is 43.3 Å². The Balaban J connectivity index is 2.31. The third-order valence-corrected chi connectivity index (χ3v) is 4.19. The molecule has 0 aliphatic heterocycles. The minimum absolute atomic E-state index is 0.000741. The summed E-state index contributed by atoms with van der Waals surface area (Å²) in [4.78, 5) is -0.167. The SMILES string of the molecule is CCOc1ccc(N)cc1CS(=O)c1cc(F)ccc1F. The van der Waals surface area contributed by atoms with Crippen LogP contribution in [0.15, 0.2) is 41.3 Å². The van der Waals surface area contributed by atoms with Crippen LogP contribution in [0, 0.1) is 11.6 Å². The van der Waals surface area contributed by atoms with Crippen LogP contribution in [0.5, 0.6) is 5.75 Å². The molecule has 0 amide bonds. The molecule has 2 N–H and O–H groups in total. The van der Waals surface area contributed by atoms with Crippen LogP contribution in [0.3, 0.4) is 0 Å². The van der Waals surface area contributed by atoms with Crippen LogP contribution < -0.4 is 10.5 Å². The predicted octanol–water partition coefficient (Wildman–Crippen LogP) is 3.25. The maximum atomic E-state index is 13.6. The summed E-state index contributed by atoms with van der Waals surface area (Å²) in [5.74, 6) is -0.786. The summed E-state index contributed by atoms with van der Waals surface area (Å²) in [5, 5.41) is 0.